The van der Waals surface area contributed by atoms with Gasteiger partial charge in [-0.3, -0.25) is 0 Å². The van der Waals surface area contributed by atoms with E-state index in [1.165, 1.54) is 18.2 Å². The molecule has 1 N–H and O–H groups in total. The maximum Gasteiger partial charge on any atom is 0.416 e. The van der Waals surface area contributed by atoms with Crippen LogP contribution in [0.2, 0.25) is 0 Å². The van der Waals surface area contributed by atoms with Crippen LogP contribution in [0.4, 0.5) is 13.2 Å². The van der Waals surface area contributed by atoms with Gasteiger partial charge in [0.2, 0.25) is 0 Å². The fourth-order valence-corrected chi connectivity index (χ4v) is 1.72. The van der Waals surface area contributed by atoms with Crippen molar-refractivity contribution in [2.75, 3.05) is 0 Å². The van der Waals surface area contributed by atoms with Crippen LogP contribution >= 0.6 is 0 Å². The molecule has 17 heavy (non-hydrogen) atoms. The molecule has 1 nitrogen and oxygen atoms in total. The van der Waals surface area contributed by atoms with Crippen LogP contribution in [-0.2, 0) is 6.18 Å². The van der Waals surface area contributed by atoms with Crippen molar-refractivity contribution in [2.24, 2.45) is 5.92 Å². The average molecular weight is 246 g/mol. The lowest BCUT2D eigenvalue weighted by molar-refractivity contribution is -0.139. The standard InChI is InChI=1S/C13H17F3O/c1-3-9(2)8-12(17)10-6-4-5-7-11(10)13(14,15)16/h4-7,9,12,17H,3,8H2,1-2H3. The third kappa shape index (κ3) is 3.73. The molecule has 0 aliphatic rings. The van der Waals surface area contributed by atoms with Crippen molar-refractivity contribution in [3.8, 4) is 0 Å². The number of hydrogen-bond donors (Lipinski definition) is 1. The molecule has 4 heteroatoms. The first-order valence-electron chi connectivity index (χ1n) is 5.70. The zero-order valence-electron chi connectivity index (χ0n) is 9.96. The quantitative estimate of drug-likeness (QED) is 0.845. The summed E-state index contributed by atoms with van der Waals surface area (Å²) < 4.78 is 38.2. The van der Waals surface area contributed by atoms with Crippen LogP contribution in [0.5, 0.6) is 0 Å². The molecule has 0 aliphatic heterocycles. The van der Waals surface area contributed by atoms with Crippen molar-refractivity contribution in [1.29, 1.82) is 0 Å². The Morgan fingerprint density at radius 2 is 1.82 bits per heavy atom. The molecule has 0 fully saturated rings. The van der Waals surface area contributed by atoms with E-state index >= 15 is 0 Å². The van der Waals surface area contributed by atoms with Gasteiger partial charge in [0.05, 0.1) is 11.7 Å². The van der Waals surface area contributed by atoms with E-state index in [9.17, 15) is 18.3 Å². The van der Waals surface area contributed by atoms with Gasteiger partial charge in [-0.15, -0.1) is 0 Å². The number of hydrogen-bond acceptors (Lipinski definition) is 1. The summed E-state index contributed by atoms with van der Waals surface area (Å²) in [5.41, 5.74) is -0.767. The average Bonchev–Trinajstić information content (AvgIpc) is 2.27. The summed E-state index contributed by atoms with van der Waals surface area (Å²) in [6.45, 7) is 3.87. The lowest BCUT2D eigenvalue weighted by atomic mass is 9.93. The molecule has 0 saturated carbocycles. The lowest BCUT2D eigenvalue weighted by Crippen LogP contribution is -2.13. The normalized spacial score (nSPS) is 15.6. The number of aliphatic hydroxyl groups excluding tert-OH is 1. The largest absolute Gasteiger partial charge is 0.416 e. The van der Waals surface area contributed by atoms with Crippen LogP contribution in [0.15, 0.2) is 24.3 Å². The van der Waals surface area contributed by atoms with Crippen LogP contribution < -0.4 is 0 Å². The molecular weight excluding hydrogens is 229 g/mol. The Labute approximate surface area is 99.3 Å². The van der Waals surface area contributed by atoms with E-state index in [1.54, 1.807) is 0 Å². The molecule has 1 aromatic carbocycles. The first-order chi connectivity index (χ1) is 7.86. The van der Waals surface area contributed by atoms with Gasteiger partial charge in [-0.25, -0.2) is 0 Å². The zero-order valence-corrected chi connectivity index (χ0v) is 9.96. The Hall–Kier alpha value is -1.03. The van der Waals surface area contributed by atoms with Gasteiger partial charge in [-0.1, -0.05) is 38.5 Å². The summed E-state index contributed by atoms with van der Waals surface area (Å²) in [4.78, 5) is 0. The van der Waals surface area contributed by atoms with Crippen LogP contribution in [0.25, 0.3) is 0 Å². The minimum atomic E-state index is -4.41. The minimum Gasteiger partial charge on any atom is -0.388 e. The summed E-state index contributed by atoms with van der Waals surface area (Å²) >= 11 is 0. The highest BCUT2D eigenvalue weighted by molar-refractivity contribution is 5.31. The molecule has 0 radical (unpaired) electrons. The van der Waals surface area contributed by atoms with Crippen LogP contribution in [0.1, 0.15) is 43.9 Å². The first kappa shape index (κ1) is 14.0. The summed E-state index contributed by atoms with van der Waals surface area (Å²) in [6.07, 6.45) is -4.27. The second kappa shape index (κ2) is 5.54. The Bertz CT molecular complexity index is 360. The molecule has 1 rings (SSSR count). The van der Waals surface area contributed by atoms with Gasteiger partial charge in [-0.05, 0) is 24.0 Å². The zero-order chi connectivity index (χ0) is 13.1. The van der Waals surface area contributed by atoms with Gasteiger partial charge < -0.3 is 5.11 Å². The summed E-state index contributed by atoms with van der Waals surface area (Å²) in [5.74, 6) is 0.200. The molecule has 0 aliphatic carbocycles. The third-order valence-electron chi connectivity index (χ3n) is 2.95. The van der Waals surface area contributed by atoms with Crippen molar-refractivity contribution >= 4 is 0 Å². The van der Waals surface area contributed by atoms with Crippen LogP contribution in [-0.4, -0.2) is 5.11 Å². The van der Waals surface area contributed by atoms with E-state index in [1.807, 2.05) is 13.8 Å². The predicted octanol–water partition coefficient (Wildman–Crippen LogP) is 4.18. The smallest absolute Gasteiger partial charge is 0.388 e. The summed E-state index contributed by atoms with van der Waals surface area (Å²) in [6, 6.07) is 5.21. The van der Waals surface area contributed by atoms with E-state index in [0.29, 0.717) is 6.42 Å². The molecule has 0 spiro atoms. The third-order valence-corrected chi connectivity index (χ3v) is 2.95. The van der Waals surface area contributed by atoms with Crippen molar-refractivity contribution in [3.63, 3.8) is 0 Å². The van der Waals surface area contributed by atoms with Gasteiger partial charge in [0, 0.05) is 0 Å². The molecule has 96 valence electrons. The van der Waals surface area contributed by atoms with E-state index < -0.39 is 17.8 Å². The van der Waals surface area contributed by atoms with Gasteiger partial charge >= 0.3 is 6.18 Å². The topological polar surface area (TPSA) is 20.2 Å². The van der Waals surface area contributed by atoms with Crippen molar-refractivity contribution in [2.45, 2.75) is 39.0 Å². The van der Waals surface area contributed by atoms with Crippen molar-refractivity contribution < 1.29 is 18.3 Å². The van der Waals surface area contributed by atoms with Gasteiger partial charge in [0.15, 0.2) is 0 Å². The highest BCUT2D eigenvalue weighted by atomic mass is 19.4. The molecule has 0 saturated heterocycles. The number of rotatable bonds is 4. The fourth-order valence-electron chi connectivity index (χ4n) is 1.72. The first-order valence-corrected chi connectivity index (χ1v) is 5.70. The highest BCUT2D eigenvalue weighted by Gasteiger charge is 2.34. The number of alkyl halides is 3. The number of aliphatic hydroxyl groups is 1. The van der Waals surface area contributed by atoms with Gasteiger partial charge in [-0.2, -0.15) is 13.2 Å². The van der Waals surface area contributed by atoms with Gasteiger partial charge in [0.1, 0.15) is 0 Å². The van der Waals surface area contributed by atoms with Crippen LogP contribution in [0.3, 0.4) is 0 Å². The lowest BCUT2D eigenvalue weighted by Gasteiger charge is -2.19. The maximum absolute atomic E-state index is 12.7. The molecule has 0 bridgehead atoms. The number of halogens is 3. The van der Waals surface area contributed by atoms with E-state index in [2.05, 4.69) is 0 Å². The summed E-state index contributed by atoms with van der Waals surface area (Å²) in [5, 5.41) is 9.87. The van der Waals surface area contributed by atoms with E-state index in [4.69, 9.17) is 0 Å². The molecule has 1 aromatic rings. The maximum atomic E-state index is 12.7. The monoisotopic (exact) mass is 246 g/mol. The fraction of sp³-hybridized carbons (Fsp3) is 0.538. The van der Waals surface area contributed by atoms with Crippen LogP contribution in [0, 0.1) is 5.92 Å². The molecular formula is C13H17F3O. The Kier molecular flexibility index (Phi) is 4.57. The molecule has 0 heterocycles. The van der Waals surface area contributed by atoms with Crippen molar-refractivity contribution in [1.82, 2.24) is 0 Å². The van der Waals surface area contributed by atoms with E-state index in [-0.39, 0.29) is 11.5 Å². The minimum absolute atomic E-state index is 0.0275. The molecule has 0 aromatic heterocycles. The van der Waals surface area contributed by atoms with Crippen molar-refractivity contribution in [3.05, 3.63) is 35.4 Å². The summed E-state index contributed by atoms with van der Waals surface area (Å²) in [7, 11) is 0. The Morgan fingerprint density at radius 1 is 1.24 bits per heavy atom. The molecule has 2 atom stereocenters. The second-order valence-corrected chi connectivity index (χ2v) is 4.35. The number of benzene rings is 1. The highest BCUT2D eigenvalue weighted by Crippen LogP contribution is 2.36. The SMILES string of the molecule is CCC(C)CC(O)c1ccccc1C(F)(F)F. The molecule has 2 unspecified atom stereocenters. The molecule has 0 amide bonds. The van der Waals surface area contributed by atoms with E-state index in [0.717, 1.165) is 12.5 Å². The van der Waals surface area contributed by atoms with Gasteiger partial charge in [0.25, 0.3) is 0 Å². The Balaban J connectivity index is 2.97. The predicted molar refractivity (Wildman–Crippen MR) is 60.5 cm³/mol. The second-order valence-electron chi connectivity index (χ2n) is 4.35. The Morgan fingerprint density at radius 3 is 2.35 bits per heavy atom.